The molecule has 0 atom stereocenters. The summed E-state index contributed by atoms with van der Waals surface area (Å²) in [4.78, 5) is 13.9. The van der Waals surface area contributed by atoms with Crippen molar-refractivity contribution >= 4 is 15.7 Å². The second-order valence-electron chi connectivity index (χ2n) is 3.56. The molecule has 0 aliphatic heterocycles. The molecule has 0 spiro atoms. The van der Waals surface area contributed by atoms with Gasteiger partial charge in [0.15, 0.2) is 5.82 Å². The lowest BCUT2D eigenvalue weighted by molar-refractivity contribution is -0.392. The zero-order valence-electron chi connectivity index (χ0n) is 9.08. The number of aromatic nitrogens is 2. The van der Waals surface area contributed by atoms with Crippen molar-refractivity contribution in [2.75, 3.05) is 12.0 Å². The van der Waals surface area contributed by atoms with Crippen LogP contribution in [0.25, 0.3) is 0 Å². The van der Waals surface area contributed by atoms with Crippen LogP contribution in [-0.2, 0) is 16.4 Å². The zero-order chi connectivity index (χ0) is 12.3. The summed E-state index contributed by atoms with van der Waals surface area (Å²) in [6, 6.07) is 0. The highest BCUT2D eigenvalue weighted by Crippen LogP contribution is 2.14. The van der Waals surface area contributed by atoms with Crippen LogP contribution in [-0.4, -0.2) is 34.9 Å². The minimum absolute atomic E-state index is 0.0156. The van der Waals surface area contributed by atoms with Crippen molar-refractivity contribution in [1.29, 1.82) is 0 Å². The summed E-state index contributed by atoms with van der Waals surface area (Å²) < 4.78 is 23.2. The lowest BCUT2D eigenvalue weighted by atomic mass is 10.4. The number of nitro groups is 1. The van der Waals surface area contributed by atoms with Crippen LogP contribution in [0.4, 0.5) is 5.82 Å². The van der Waals surface area contributed by atoms with Gasteiger partial charge in [0, 0.05) is 13.2 Å². The fourth-order valence-corrected chi connectivity index (χ4v) is 2.02. The van der Waals surface area contributed by atoms with Crippen LogP contribution < -0.4 is 0 Å². The molecule has 1 aromatic heterocycles. The number of aryl methyl sites for hydroxylation is 1. The highest BCUT2D eigenvalue weighted by molar-refractivity contribution is 7.90. The molecule has 0 aliphatic carbocycles. The highest BCUT2D eigenvalue weighted by Gasteiger charge is 2.17. The van der Waals surface area contributed by atoms with Gasteiger partial charge in [-0.15, -0.1) is 0 Å². The third-order valence-corrected chi connectivity index (χ3v) is 3.15. The van der Waals surface area contributed by atoms with Gasteiger partial charge in [-0.2, -0.15) is 0 Å². The molecule has 0 aliphatic rings. The van der Waals surface area contributed by atoms with Crippen LogP contribution in [0.1, 0.15) is 12.2 Å². The first-order valence-electron chi connectivity index (χ1n) is 4.65. The maximum absolute atomic E-state index is 10.9. The van der Waals surface area contributed by atoms with E-state index in [1.807, 2.05) is 0 Å². The van der Waals surface area contributed by atoms with Gasteiger partial charge in [-0.3, -0.25) is 0 Å². The fourth-order valence-electron chi connectivity index (χ4n) is 1.36. The maximum Gasteiger partial charge on any atom is 0.342 e. The molecule has 0 amide bonds. The standard InChI is InChI=1S/C8H13N3O4S/c1-7-9-6-8(11(12)13)10(7)4-3-5-16(2,14)15/h6H,3-5H2,1-2H3. The summed E-state index contributed by atoms with van der Waals surface area (Å²) in [6.07, 6.45) is 2.66. The van der Waals surface area contributed by atoms with E-state index in [4.69, 9.17) is 0 Å². The summed E-state index contributed by atoms with van der Waals surface area (Å²) in [6.45, 7) is 1.93. The van der Waals surface area contributed by atoms with Crippen molar-refractivity contribution in [2.24, 2.45) is 0 Å². The number of hydrogen-bond acceptors (Lipinski definition) is 5. The SMILES string of the molecule is Cc1ncc([N+](=O)[O-])n1CCCS(C)(=O)=O. The number of rotatable bonds is 5. The molecule has 0 saturated heterocycles. The van der Waals surface area contributed by atoms with Crippen LogP contribution in [0.2, 0.25) is 0 Å². The smallest absolute Gasteiger partial charge is 0.342 e. The Hall–Kier alpha value is -1.44. The number of imidazole rings is 1. The van der Waals surface area contributed by atoms with Gasteiger partial charge >= 0.3 is 5.82 Å². The number of sulfone groups is 1. The number of hydrogen-bond donors (Lipinski definition) is 0. The third kappa shape index (κ3) is 3.30. The lowest BCUT2D eigenvalue weighted by Gasteiger charge is -2.01. The first-order valence-corrected chi connectivity index (χ1v) is 6.71. The van der Waals surface area contributed by atoms with Crippen molar-refractivity contribution in [3.63, 3.8) is 0 Å². The molecule has 1 rings (SSSR count). The molecule has 0 unspecified atom stereocenters. The van der Waals surface area contributed by atoms with Crippen LogP contribution in [0.3, 0.4) is 0 Å². The highest BCUT2D eigenvalue weighted by atomic mass is 32.2. The van der Waals surface area contributed by atoms with Crippen molar-refractivity contribution < 1.29 is 13.3 Å². The van der Waals surface area contributed by atoms with Crippen LogP contribution >= 0.6 is 0 Å². The van der Waals surface area contributed by atoms with Gasteiger partial charge in [0.2, 0.25) is 0 Å². The molecule has 1 aromatic rings. The molecule has 8 heteroatoms. The van der Waals surface area contributed by atoms with Gasteiger partial charge in [0.05, 0.1) is 12.3 Å². The van der Waals surface area contributed by atoms with E-state index < -0.39 is 14.8 Å². The average Bonchev–Trinajstić information content (AvgIpc) is 2.46. The molecule has 0 radical (unpaired) electrons. The average molecular weight is 247 g/mol. The van der Waals surface area contributed by atoms with Crippen LogP contribution in [0, 0.1) is 17.0 Å². The summed E-state index contributed by atoms with van der Waals surface area (Å²) in [7, 11) is -3.03. The van der Waals surface area contributed by atoms with Crippen LogP contribution in [0.15, 0.2) is 6.20 Å². The van der Waals surface area contributed by atoms with Gasteiger partial charge in [-0.1, -0.05) is 0 Å². The molecular weight excluding hydrogens is 234 g/mol. The van der Waals surface area contributed by atoms with Crippen molar-refractivity contribution in [3.05, 3.63) is 22.1 Å². The van der Waals surface area contributed by atoms with E-state index in [-0.39, 0.29) is 18.1 Å². The monoisotopic (exact) mass is 247 g/mol. The molecule has 1 heterocycles. The van der Waals surface area contributed by atoms with Crippen molar-refractivity contribution in [2.45, 2.75) is 19.9 Å². The molecule has 0 aromatic carbocycles. The van der Waals surface area contributed by atoms with Gasteiger partial charge in [-0.05, 0) is 11.3 Å². The normalized spacial score (nSPS) is 11.6. The van der Waals surface area contributed by atoms with E-state index in [2.05, 4.69) is 4.98 Å². The molecule has 0 fully saturated rings. The van der Waals surface area contributed by atoms with E-state index >= 15 is 0 Å². The number of nitrogens with zero attached hydrogens (tertiary/aromatic N) is 3. The maximum atomic E-state index is 10.9. The topological polar surface area (TPSA) is 95.1 Å². The van der Waals surface area contributed by atoms with E-state index in [0.29, 0.717) is 12.2 Å². The van der Waals surface area contributed by atoms with Gasteiger partial charge < -0.3 is 10.1 Å². The predicted molar refractivity (Wildman–Crippen MR) is 57.9 cm³/mol. The molecule has 0 N–H and O–H groups in total. The van der Waals surface area contributed by atoms with Gasteiger partial charge in [0.25, 0.3) is 0 Å². The second kappa shape index (κ2) is 4.60. The molecule has 7 nitrogen and oxygen atoms in total. The first kappa shape index (κ1) is 12.6. The Balaban J connectivity index is 2.73. The second-order valence-corrected chi connectivity index (χ2v) is 5.82. The lowest BCUT2D eigenvalue weighted by Crippen LogP contribution is -2.10. The molecular formula is C8H13N3O4S. The quantitative estimate of drug-likeness (QED) is 0.558. The predicted octanol–water partition coefficient (Wildman–Crippen LogP) is 0.534. The Morgan fingerprint density at radius 2 is 2.19 bits per heavy atom. The molecule has 16 heavy (non-hydrogen) atoms. The molecule has 0 bridgehead atoms. The van der Waals surface area contributed by atoms with E-state index in [1.165, 1.54) is 10.8 Å². The van der Waals surface area contributed by atoms with Gasteiger partial charge in [-0.25, -0.2) is 18.0 Å². The Kier molecular flexibility index (Phi) is 3.63. The Morgan fingerprint density at radius 1 is 1.56 bits per heavy atom. The minimum atomic E-state index is -3.03. The fraction of sp³-hybridized carbons (Fsp3) is 0.625. The summed E-state index contributed by atoms with van der Waals surface area (Å²) in [5, 5.41) is 10.6. The Morgan fingerprint density at radius 3 is 2.69 bits per heavy atom. The zero-order valence-corrected chi connectivity index (χ0v) is 9.90. The van der Waals surface area contributed by atoms with Gasteiger partial charge in [0.1, 0.15) is 16.0 Å². The van der Waals surface area contributed by atoms with Crippen molar-refractivity contribution in [3.8, 4) is 0 Å². The largest absolute Gasteiger partial charge is 0.358 e. The summed E-state index contributed by atoms with van der Waals surface area (Å²) >= 11 is 0. The van der Waals surface area contributed by atoms with E-state index in [9.17, 15) is 18.5 Å². The summed E-state index contributed by atoms with van der Waals surface area (Å²) in [5.41, 5.74) is 0. The summed E-state index contributed by atoms with van der Waals surface area (Å²) in [5.74, 6) is 0.424. The third-order valence-electron chi connectivity index (χ3n) is 2.12. The van der Waals surface area contributed by atoms with E-state index in [0.717, 1.165) is 6.26 Å². The molecule has 90 valence electrons. The minimum Gasteiger partial charge on any atom is -0.358 e. The van der Waals surface area contributed by atoms with E-state index in [1.54, 1.807) is 6.92 Å². The Bertz CT molecular complexity index is 491. The van der Waals surface area contributed by atoms with Crippen molar-refractivity contribution in [1.82, 2.24) is 9.55 Å². The van der Waals surface area contributed by atoms with Crippen LogP contribution in [0.5, 0.6) is 0 Å². The Labute approximate surface area is 93.2 Å². The first-order chi connectivity index (χ1) is 7.31. The molecule has 0 saturated carbocycles.